The molecule has 0 unspecified atom stereocenters. The van der Waals surface area contributed by atoms with Gasteiger partial charge in [0.05, 0.1) is 13.2 Å². The van der Waals surface area contributed by atoms with Gasteiger partial charge < -0.3 is 10.1 Å². The number of aromatic nitrogens is 2. The van der Waals surface area contributed by atoms with Gasteiger partial charge in [-0.2, -0.15) is 5.10 Å². The largest absolute Gasteiger partial charge is 0.383 e. The molecule has 0 aromatic carbocycles. The number of hydrogen-bond acceptors (Lipinski definition) is 3. The van der Waals surface area contributed by atoms with E-state index >= 15 is 0 Å². The van der Waals surface area contributed by atoms with Crippen LogP contribution in [0.5, 0.6) is 0 Å². The Hall–Kier alpha value is -0.870. The molecule has 0 radical (unpaired) electrons. The molecule has 0 amide bonds. The highest BCUT2D eigenvalue weighted by Crippen LogP contribution is 1.93. The van der Waals surface area contributed by atoms with Crippen molar-refractivity contribution >= 4 is 0 Å². The summed E-state index contributed by atoms with van der Waals surface area (Å²) in [5, 5.41) is 7.44. The van der Waals surface area contributed by atoms with Gasteiger partial charge >= 0.3 is 0 Å². The van der Waals surface area contributed by atoms with Crippen molar-refractivity contribution in [3.63, 3.8) is 0 Å². The van der Waals surface area contributed by atoms with Crippen LogP contribution in [0.15, 0.2) is 12.3 Å². The van der Waals surface area contributed by atoms with E-state index in [1.54, 1.807) is 7.11 Å². The zero-order valence-electron chi connectivity index (χ0n) is 8.29. The van der Waals surface area contributed by atoms with Gasteiger partial charge in [0.2, 0.25) is 0 Å². The first kappa shape index (κ1) is 10.2. The highest BCUT2D eigenvalue weighted by molar-refractivity contribution is 4.96. The summed E-state index contributed by atoms with van der Waals surface area (Å²) in [5.74, 6) is 0. The Balaban J connectivity index is 2.10. The van der Waals surface area contributed by atoms with Gasteiger partial charge in [-0.15, -0.1) is 0 Å². The van der Waals surface area contributed by atoms with Crippen LogP contribution in [0, 0.1) is 6.92 Å². The molecule has 0 saturated carbocycles. The number of ether oxygens (including phenoxy) is 1. The molecule has 0 aliphatic carbocycles. The second-order valence-corrected chi connectivity index (χ2v) is 2.94. The van der Waals surface area contributed by atoms with Gasteiger partial charge in [-0.25, -0.2) is 0 Å². The zero-order chi connectivity index (χ0) is 9.52. The third kappa shape index (κ3) is 3.57. The number of nitrogens with one attached hydrogen (secondary N) is 1. The molecule has 0 bridgehead atoms. The predicted molar refractivity (Wildman–Crippen MR) is 51.7 cm³/mol. The van der Waals surface area contributed by atoms with Gasteiger partial charge in [-0.1, -0.05) is 0 Å². The lowest BCUT2D eigenvalue weighted by atomic mass is 10.5. The highest BCUT2D eigenvalue weighted by atomic mass is 16.5. The van der Waals surface area contributed by atoms with Crippen molar-refractivity contribution in [2.45, 2.75) is 13.5 Å². The summed E-state index contributed by atoms with van der Waals surface area (Å²) >= 11 is 0. The molecule has 13 heavy (non-hydrogen) atoms. The lowest BCUT2D eigenvalue weighted by Crippen LogP contribution is -2.24. The Morgan fingerprint density at radius 1 is 1.54 bits per heavy atom. The number of rotatable bonds is 6. The van der Waals surface area contributed by atoms with Gasteiger partial charge in [-0.05, 0) is 13.0 Å². The molecule has 0 aliphatic heterocycles. The Morgan fingerprint density at radius 3 is 3.00 bits per heavy atom. The molecule has 1 aromatic rings. The number of methoxy groups -OCH3 is 1. The zero-order valence-corrected chi connectivity index (χ0v) is 8.29. The maximum atomic E-state index is 4.92. The first-order valence-electron chi connectivity index (χ1n) is 4.52. The Kier molecular flexibility index (Phi) is 4.49. The van der Waals surface area contributed by atoms with Crippen LogP contribution in [-0.2, 0) is 11.3 Å². The lowest BCUT2D eigenvalue weighted by molar-refractivity contribution is 0.199. The van der Waals surface area contributed by atoms with E-state index in [-0.39, 0.29) is 0 Å². The summed E-state index contributed by atoms with van der Waals surface area (Å²) in [4.78, 5) is 0. The normalized spacial score (nSPS) is 10.6. The monoisotopic (exact) mass is 183 g/mol. The second-order valence-electron chi connectivity index (χ2n) is 2.94. The molecule has 1 rings (SSSR count). The standard InChI is InChI=1S/C9H17N3O/c1-9-3-4-11-12(9)7-5-10-6-8-13-2/h3-4,10H,5-8H2,1-2H3. The second kappa shape index (κ2) is 5.72. The van der Waals surface area contributed by atoms with Crippen LogP contribution in [-0.4, -0.2) is 36.6 Å². The van der Waals surface area contributed by atoms with Gasteiger partial charge in [0.25, 0.3) is 0 Å². The van der Waals surface area contributed by atoms with E-state index in [9.17, 15) is 0 Å². The smallest absolute Gasteiger partial charge is 0.0587 e. The van der Waals surface area contributed by atoms with E-state index in [2.05, 4.69) is 17.3 Å². The highest BCUT2D eigenvalue weighted by Gasteiger charge is 1.94. The van der Waals surface area contributed by atoms with E-state index in [0.717, 1.165) is 26.2 Å². The summed E-state index contributed by atoms with van der Waals surface area (Å²) in [6.45, 7) is 5.57. The topological polar surface area (TPSA) is 39.1 Å². The van der Waals surface area contributed by atoms with Crippen molar-refractivity contribution in [1.82, 2.24) is 15.1 Å². The van der Waals surface area contributed by atoms with Crippen LogP contribution in [0.1, 0.15) is 5.69 Å². The number of hydrogen-bond donors (Lipinski definition) is 1. The maximum absolute atomic E-state index is 4.92. The van der Waals surface area contributed by atoms with E-state index < -0.39 is 0 Å². The molecule has 1 N–H and O–H groups in total. The summed E-state index contributed by atoms with van der Waals surface area (Å²) in [6, 6.07) is 2.01. The molecule has 0 aliphatic rings. The van der Waals surface area contributed by atoms with Crippen molar-refractivity contribution in [2.24, 2.45) is 0 Å². The maximum Gasteiger partial charge on any atom is 0.0587 e. The van der Waals surface area contributed by atoms with Crippen LogP contribution >= 0.6 is 0 Å². The molecule has 0 saturated heterocycles. The van der Waals surface area contributed by atoms with Gasteiger partial charge in [0, 0.05) is 32.1 Å². The van der Waals surface area contributed by atoms with E-state index in [1.165, 1.54) is 5.69 Å². The van der Waals surface area contributed by atoms with Crippen molar-refractivity contribution < 1.29 is 4.74 Å². The van der Waals surface area contributed by atoms with Crippen LogP contribution in [0.4, 0.5) is 0 Å². The fourth-order valence-electron chi connectivity index (χ4n) is 1.12. The average Bonchev–Trinajstić information content (AvgIpc) is 2.52. The quantitative estimate of drug-likeness (QED) is 0.650. The molecule has 4 nitrogen and oxygen atoms in total. The van der Waals surface area contributed by atoms with E-state index in [1.807, 2.05) is 16.9 Å². The Morgan fingerprint density at radius 2 is 2.38 bits per heavy atom. The molecular weight excluding hydrogens is 166 g/mol. The minimum atomic E-state index is 0.762. The van der Waals surface area contributed by atoms with Crippen molar-refractivity contribution in [3.05, 3.63) is 18.0 Å². The van der Waals surface area contributed by atoms with Crippen molar-refractivity contribution in [3.8, 4) is 0 Å². The van der Waals surface area contributed by atoms with Crippen LogP contribution < -0.4 is 5.32 Å². The Bertz CT molecular complexity index is 235. The van der Waals surface area contributed by atoms with Crippen LogP contribution in [0.25, 0.3) is 0 Å². The Labute approximate surface area is 78.9 Å². The van der Waals surface area contributed by atoms with Crippen LogP contribution in [0.2, 0.25) is 0 Å². The van der Waals surface area contributed by atoms with Gasteiger partial charge in [0.15, 0.2) is 0 Å². The van der Waals surface area contributed by atoms with E-state index in [0.29, 0.717) is 0 Å². The van der Waals surface area contributed by atoms with Crippen molar-refractivity contribution in [2.75, 3.05) is 26.8 Å². The third-order valence-electron chi connectivity index (χ3n) is 1.91. The van der Waals surface area contributed by atoms with Gasteiger partial charge in [-0.3, -0.25) is 4.68 Å². The number of aryl methyl sites for hydroxylation is 1. The minimum Gasteiger partial charge on any atom is -0.383 e. The molecule has 1 heterocycles. The third-order valence-corrected chi connectivity index (χ3v) is 1.91. The minimum absolute atomic E-state index is 0.762. The molecule has 0 spiro atoms. The van der Waals surface area contributed by atoms with Gasteiger partial charge in [0.1, 0.15) is 0 Å². The SMILES string of the molecule is COCCNCCn1nccc1C. The molecule has 0 fully saturated rings. The summed E-state index contributed by atoms with van der Waals surface area (Å²) in [5.41, 5.74) is 1.20. The molecule has 1 aromatic heterocycles. The summed E-state index contributed by atoms with van der Waals surface area (Å²) in [7, 11) is 1.71. The fourth-order valence-corrected chi connectivity index (χ4v) is 1.12. The number of nitrogens with zero attached hydrogens (tertiary/aromatic N) is 2. The molecule has 74 valence electrons. The molecular formula is C9H17N3O. The first-order chi connectivity index (χ1) is 6.34. The molecule has 4 heteroatoms. The first-order valence-corrected chi connectivity index (χ1v) is 4.52. The summed E-state index contributed by atoms with van der Waals surface area (Å²) in [6.07, 6.45) is 1.82. The van der Waals surface area contributed by atoms with Crippen LogP contribution in [0.3, 0.4) is 0 Å². The predicted octanol–water partition coefficient (Wildman–Crippen LogP) is 0.428. The summed E-state index contributed by atoms with van der Waals surface area (Å²) < 4.78 is 6.90. The average molecular weight is 183 g/mol. The van der Waals surface area contributed by atoms with Crippen molar-refractivity contribution in [1.29, 1.82) is 0 Å². The fraction of sp³-hybridized carbons (Fsp3) is 0.667. The van der Waals surface area contributed by atoms with E-state index in [4.69, 9.17) is 4.74 Å². The molecule has 0 atom stereocenters. The lowest BCUT2D eigenvalue weighted by Gasteiger charge is -2.05.